The molecule has 2 unspecified atom stereocenters. The van der Waals surface area contributed by atoms with Crippen LogP contribution in [0.25, 0.3) is 0 Å². The van der Waals surface area contributed by atoms with Crippen LogP contribution in [0.2, 0.25) is 0 Å². The minimum atomic E-state index is -5.52. The van der Waals surface area contributed by atoms with E-state index in [0.29, 0.717) is 12.8 Å². The highest BCUT2D eigenvalue weighted by molar-refractivity contribution is 7.92. The zero-order chi connectivity index (χ0) is 25.0. The van der Waals surface area contributed by atoms with Crippen LogP contribution in [-0.4, -0.2) is 49.5 Å². The third kappa shape index (κ3) is 4.03. The SMILES string of the molecule is O=C1NC2(CC2Cc2ccnc(N3CCCCC3)c2)C(=O)N1c1ccc(S(=O)(=O)C(F)(F)F)cc1. The second kappa shape index (κ2) is 8.21. The highest BCUT2D eigenvalue weighted by Crippen LogP contribution is 2.50. The van der Waals surface area contributed by atoms with Gasteiger partial charge in [-0.2, -0.15) is 13.2 Å². The van der Waals surface area contributed by atoms with Crippen molar-refractivity contribution in [2.24, 2.45) is 5.92 Å². The van der Waals surface area contributed by atoms with E-state index in [4.69, 9.17) is 0 Å². The maximum atomic E-state index is 13.2. The lowest BCUT2D eigenvalue weighted by Gasteiger charge is -2.28. The number of alkyl halides is 3. The van der Waals surface area contributed by atoms with Crippen molar-refractivity contribution in [1.82, 2.24) is 10.3 Å². The molecule has 1 N–H and O–H groups in total. The molecule has 0 radical (unpaired) electrons. The Bertz CT molecular complexity index is 1280. The van der Waals surface area contributed by atoms with E-state index in [2.05, 4.69) is 15.2 Å². The number of carbonyl (C=O) groups excluding carboxylic acids is 2. The van der Waals surface area contributed by atoms with Gasteiger partial charge in [0.2, 0.25) is 0 Å². The van der Waals surface area contributed by atoms with Gasteiger partial charge in [0.25, 0.3) is 15.7 Å². The van der Waals surface area contributed by atoms with Gasteiger partial charge in [-0.1, -0.05) is 0 Å². The number of halogens is 3. The molecule has 3 aliphatic rings. The van der Waals surface area contributed by atoms with Gasteiger partial charge < -0.3 is 10.2 Å². The topological polar surface area (TPSA) is 99.7 Å². The molecule has 1 aromatic carbocycles. The van der Waals surface area contributed by atoms with Crippen LogP contribution in [0.15, 0.2) is 47.5 Å². The maximum Gasteiger partial charge on any atom is 0.501 e. The quantitative estimate of drug-likeness (QED) is 0.622. The van der Waals surface area contributed by atoms with Crippen molar-refractivity contribution in [3.8, 4) is 0 Å². The largest absolute Gasteiger partial charge is 0.501 e. The number of hydrogen-bond donors (Lipinski definition) is 1. The molecule has 3 heterocycles. The smallest absolute Gasteiger partial charge is 0.357 e. The zero-order valence-corrected chi connectivity index (χ0v) is 19.4. The van der Waals surface area contributed by atoms with E-state index in [0.717, 1.165) is 66.5 Å². The van der Waals surface area contributed by atoms with Crippen molar-refractivity contribution in [2.45, 2.75) is 48.0 Å². The number of anilines is 2. The fourth-order valence-corrected chi connectivity index (χ4v) is 5.66. The van der Waals surface area contributed by atoms with Crippen LogP contribution in [-0.2, 0) is 21.1 Å². The number of nitrogens with one attached hydrogen (secondary N) is 1. The average molecular weight is 509 g/mol. The van der Waals surface area contributed by atoms with Crippen molar-refractivity contribution in [2.75, 3.05) is 22.9 Å². The molecule has 2 atom stereocenters. The van der Waals surface area contributed by atoms with Crippen molar-refractivity contribution >= 4 is 33.3 Å². The van der Waals surface area contributed by atoms with Crippen LogP contribution in [0.1, 0.15) is 31.2 Å². The molecular formula is C23H23F3N4O4S. The van der Waals surface area contributed by atoms with Crippen LogP contribution < -0.4 is 15.1 Å². The van der Waals surface area contributed by atoms with Gasteiger partial charge in [-0.15, -0.1) is 0 Å². The highest BCUT2D eigenvalue weighted by Gasteiger charge is 2.67. The number of piperidine rings is 1. The number of imide groups is 1. The first-order valence-electron chi connectivity index (χ1n) is 11.3. The van der Waals surface area contributed by atoms with Gasteiger partial charge in [0.1, 0.15) is 11.4 Å². The predicted molar refractivity (Wildman–Crippen MR) is 121 cm³/mol. The lowest BCUT2D eigenvalue weighted by Crippen LogP contribution is -2.35. The van der Waals surface area contributed by atoms with E-state index in [1.165, 1.54) is 6.42 Å². The Hall–Kier alpha value is -3.15. The van der Waals surface area contributed by atoms with Gasteiger partial charge in [0.05, 0.1) is 10.6 Å². The van der Waals surface area contributed by atoms with E-state index in [-0.39, 0.29) is 11.6 Å². The van der Waals surface area contributed by atoms with E-state index < -0.39 is 37.7 Å². The van der Waals surface area contributed by atoms with Crippen molar-refractivity contribution in [1.29, 1.82) is 0 Å². The molecule has 35 heavy (non-hydrogen) atoms. The van der Waals surface area contributed by atoms with Crippen molar-refractivity contribution < 1.29 is 31.2 Å². The van der Waals surface area contributed by atoms with Gasteiger partial charge in [-0.3, -0.25) is 4.79 Å². The Morgan fingerprint density at radius 2 is 1.74 bits per heavy atom. The molecule has 3 fully saturated rings. The molecular weight excluding hydrogens is 485 g/mol. The summed E-state index contributed by atoms with van der Waals surface area (Å²) in [7, 11) is -5.52. The van der Waals surface area contributed by atoms with Gasteiger partial charge in [0, 0.05) is 19.3 Å². The summed E-state index contributed by atoms with van der Waals surface area (Å²) >= 11 is 0. The van der Waals surface area contributed by atoms with E-state index in [9.17, 15) is 31.2 Å². The Morgan fingerprint density at radius 3 is 2.40 bits per heavy atom. The first-order chi connectivity index (χ1) is 16.5. The minimum absolute atomic E-state index is 0.00689. The van der Waals surface area contributed by atoms with Crippen molar-refractivity contribution in [3.05, 3.63) is 48.2 Å². The number of rotatable bonds is 5. The molecule has 3 amide bonds. The van der Waals surface area contributed by atoms with E-state index in [1.54, 1.807) is 6.20 Å². The number of pyridine rings is 1. The molecule has 2 aromatic rings. The summed E-state index contributed by atoms with van der Waals surface area (Å²) in [5.74, 6) is 0.267. The highest BCUT2D eigenvalue weighted by atomic mass is 32.2. The van der Waals surface area contributed by atoms with Crippen LogP contribution in [0, 0.1) is 5.92 Å². The summed E-state index contributed by atoms with van der Waals surface area (Å²) in [6.45, 7) is 1.91. The lowest BCUT2D eigenvalue weighted by molar-refractivity contribution is -0.119. The Balaban J connectivity index is 1.30. The number of amides is 3. The number of benzene rings is 1. The number of sulfone groups is 1. The first kappa shape index (κ1) is 23.6. The van der Waals surface area contributed by atoms with Crippen LogP contribution >= 0.6 is 0 Å². The van der Waals surface area contributed by atoms with E-state index in [1.807, 2.05) is 12.1 Å². The standard InChI is InChI=1S/C23H23F3N4O4S/c24-23(25,26)35(33,34)18-6-4-17(5-7-18)30-20(31)22(28-21(30)32)14-16(22)12-15-8-9-27-19(13-15)29-10-2-1-3-11-29/h4-9,13,16H,1-3,10-12,14H2,(H,28,32). The number of hydrogen-bond acceptors (Lipinski definition) is 6. The number of aromatic nitrogens is 1. The molecule has 1 spiro atoms. The fourth-order valence-electron chi connectivity index (χ4n) is 4.89. The Morgan fingerprint density at radius 1 is 1.06 bits per heavy atom. The second-order valence-electron chi connectivity index (χ2n) is 9.16. The van der Waals surface area contributed by atoms with Crippen LogP contribution in [0.4, 0.5) is 29.5 Å². The normalized spacial score (nSPS) is 24.7. The summed E-state index contributed by atoms with van der Waals surface area (Å²) in [5.41, 5.74) is -5.50. The molecule has 1 aromatic heterocycles. The monoisotopic (exact) mass is 508 g/mol. The molecule has 1 aliphatic carbocycles. The number of carbonyl (C=O) groups is 2. The summed E-state index contributed by atoms with van der Waals surface area (Å²) in [4.78, 5) is 32.4. The lowest BCUT2D eigenvalue weighted by atomic mass is 10.1. The van der Waals surface area contributed by atoms with Gasteiger partial charge in [-0.25, -0.2) is 23.1 Å². The zero-order valence-electron chi connectivity index (χ0n) is 18.6. The summed E-state index contributed by atoms with van der Waals surface area (Å²) in [5, 5.41) is 2.73. The molecule has 1 saturated carbocycles. The van der Waals surface area contributed by atoms with Gasteiger partial charge >= 0.3 is 11.5 Å². The summed E-state index contributed by atoms with van der Waals surface area (Å²) in [6.07, 6.45) is 6.20. The average Bonchev–Trinajstić information content (AvgIpc) is 3.44. The molecule has 12 heteroatoms. The molecule has 5 rings (SSSR count). The maximum absolute atomic E-state index is 13.2. The molecule has 2 aliphatic heterocycles. The summed E-state index contributed by atoms with van der Waals surface area (Å²) < 4.78 is 61.5. The third-order valence-corrected chi connectivity index (χ3v) is 8.41. The number of nitrogens with zero attached hydrogens (tertiary/aromatic N) is 3. The molecule has 8 nitrogen and oxygen atoms in total. The second-order valence-corrected chi connectivity index (χ2v) is 11.1. The minimum Gasteiger partial charge on any atom is -0.357 e. The fraction of sp³-hybridized carbons (Fsp3) is 0.435. The molecule has 186 valence electrons. The van der Waals surface area contributed by atoms with Gasteiger partial charge in [0.15, 0.2) is 0 Å². The predicted octanol–water partition coefficient (Wildman–Crippen LogP) is 3.42. The Labute approximate surface area is 200 Å². The molecule has 2 saturated heterocycles. The third-order valence-electron chi connectivity index (χ3n) is 6.90. The first-order valence-corrected chi connectivity index (χ1v) is 12.8. The van der Waals surface area contributed by atoms with Crippen LogP contribution in [0.3, 0.4) is 0 Å². The molecule has 0 bridgehead atoms. The van der Waals surface area contributed by atoms with Crippen molar-refractivity contribution in [3.63, 3.8) is 0 Å². The Kier molecular flexibility index (Phi) is 5.53. The van der Waals surface area contributed by atoms with E-state index >= 15 is 0 Å². The van der Waals surface area contributed by atoms with Gasteiger partial charge in [-0.05, 0) is 80.0 Å². The summed E-state index contributed by atoms with van der Waals surface area (Å²) in [6, 6.07) is 6.75. The van der Waals surface area contributed by atoms with Crippen LogP contribution in [0.5, 0.6) is 0 Å². The number of urea groups is 1.